The monoisotopic (exact) mass is 290 g/mol. The Kier molecular flexibility index (Phi) is 4.44. The van der Waals surface area contributed by atoms with Crippen molar-refractivity contribution in [3.05, 3.63) is 24.0 Å². The van der Waals surface area contributed by atoms with Crippen LogP contribution >= 0.6 is 0 Å². The molecule has 0 atom stereocenters. The molecule has 1 aliphatic heterocycles. The van der Waals surface area contributed by atoms with Gasteiger partial charge in [-0.05, 0) is 32.9 Å². The molecule has 1 aromatic carbocycles. The molecule has 1 amide bonds. The SMILES string of the molecule is [B]c1ccc(N2CCN(C(=O)OC(C)(C)C)CC2)cc1F. The molecule has 0 unspecified atom stereocenters. The van der Waals surface area contributed by atoms with Crippen LogP contribution in [0.5, 0.6) is 0 Å². The number of rotatable bonds is 1. The summed E-state index contributed by atoms with van der Waals surface area (Å²) in [5.41, 5.74) is 0.436. The number of amides is 1. The molecule has 112 valence electrons. The molecule has 0 saturated carbocycles. The van der Waals surface area contributed by atoms with E-state index in [-0.39, 0.29) is 11.6 Å². The summed E-state index contributed by atoms with van der Waals surface area (Å²) in [5, 5.41) is 0. The maximum absolute atomic E-state index is 13.5. The van der Waals surface area contributed by atoms with Gasteiger partial charge in [0.15, 0.2) is 0 Å². The molecule has 0 N–H and O–H groups in total. The van der Waals surface area contributed by atoms with Crippen LogP contribution in [0.1, 0.15) is 20.8 Å². The molecule has 1 aliphatic rings. The van der Waals surface area contributed by atoms with E-state index in [9.17, 15) is 9.18 Å². The van der Waals surface area contributed by atoms with Crippen molar-refractivity contribution >= 4 is 25.1 Å². The minimum Gasteiger partial charge on any atom is -0.444 e. The van der Waals surface area contributed by atoms with Crippen LogP contribution in [0.2, 0.25) is 0 Å². The van der Waals surface area contributed by atoms with E-state index in [4.69, 9.17) is 12.6 Å². The molecule has 21 heavy (non-hydrogen) atoms. The lowest BCUT2D eigenvalue weighted by Gasteiger charge is -2.36. The zero-order valence-electron chi connectivity index (χ0n) is 12.7. The summed E-state index contributed by atoms with van der Waals surface area (Å²) < 4.78 is 18.8. The van der Waals surface area contributed by atoms with E-state index in [2.05, 4.69) is 0 Å². The third-order valence-electron chi connectivity index (χ3n) is 3.28. The molecule has 0 aliphatic carbocycles. The van der Waals surface area contributed by atoms with E-state index in [1.807, 2.05) is 25.7 Å². The van der Waals surface area contributed by atoms with Crippen LogP contribution in [-0.2, 0) is 4.74 Å². The van der Waals surface area contributed by atoms with E-state index >= 15 is 0 Å². The minimum absolute atomic E-state index is 0.145. The molecule has 0 spiro atoms. The molecule has 0 bridgehead atoms. The lowest BCUT2D eigenvalue weighted by Crippen LogP contribution is -2.50. The molecule has 6 heteroatoms. The Hall–Kier alpha value is -1.72. The van der Waals surface area contributed by atoms with Gasteiger partial charge < -0.3 is 14.5 Å². The highest BCUT2D eigenvalue weighted by atomic mass is 19.1. The maximum Gasteiger partial charge on any atom is 0.410 e. The maximum atomic E-state index is 13.5. The molecular weight excluding hydrogens is 270 g/mol. The van der Waals surface area contributed by atoms with Crippen LogP contribution in [0, 0.1) is 5.82 Å². The van der Waals surface area contributed by atoms with Gasteiger partial charge in [-0.1, -0.05) is 11.5 Å². The summed E-state index contributed by atoms with van der Waals surface area (Å²) in [5.74, 6) is -0.415. The highest BCUT2D eigenvalue weighted by molar-refractivity contribution is 6.32. The second-order valence-corrected chi connectivity index (χ2v) is 6.16. The van der Waals surface area contributed by atoms with Crippen LogP contribution < -0.4 is 10.4 Å². The first-order valence-electron chi connectivity index (χ1n) is 7.04. The number of piperazine rings is 1. The fourth-order valence-electron chi connectivity index (χ4n) is 2.19. The standard InChI is InChI=1S/C15H20BFN2O2/c1-15(2,3)21-14(20)19-8-6-18(7-9-19)11-4-5-12(16)13(17)10-11/h4-5,10H,6-9H2,1-3H3. The topological polar surface area (TPSA) is 32.8 Å². The van der Waals surface area contributed by atoms with Crippen molar-refractivity contribution in [3.8, 4) is 0 Å². The lowest BCUT2D eigenvalue weighted by atomic mass is 9.95. The summed E-state index contributed by atoms with van der Waals surface area (Å²) in [6, 6.07) is 4.78. The van der Waals surface area contributed by atoms with Gasteiger partial charge in [-0.15, -0.1) is 0 Å². The van der Waals surface area contributed by atoms with Crippen molar-refractivity contribution in [2.75, 3.05) is 31.1 Å². The molecule has 4 nitrogen and oxygen atoms in total. The Labute approximate surface area is 126 Å². The van der Waals surface area contributed by atoms with Crippen LogP contribution in [0.25, 0.3) is 0 Å². The second kappa shape index (κ2) is 5.96. The van der Waals surface area contributed by atoms with Gasteiger partial charge in [0.25, 0.3) is 0 Å². The zero-order valence-corrected chi connectivity index (χ0v) is 12.7. The molecule has 1 heterocycles. The van der Waals surface area contributed by atoms with Gasteiger partial charge in [-0.25, -0.2) is 9.18 Å². The van der Waals surface area contributed by atoms with Gasteiger partial charge in [0.1, 0.15) is 19.3 Å². The van der Waals surface area contributed by atoms with Gasteiger partial charge in [0, 0.05) is 31.9 Å². The van der Waals surface area contributed by atoms with E-state index < -0.39 is 11.4 Å². The number of halogens is 1. The van der Waals surface area contributed by atoms with Crippen molar-refractivity contribution in [1.29, 1.82) is 0 Å². The van der Waals surface area contributed by atoms with Crippen molar-refractivity contribution in [2.24, 2.45) is 0 Å². The number of ether oxygens (including phenoxy) is 1. The van der Waals surface area contributed by atoms with Crippen molar-refractivity contribution in [3.63, 3.8) is 0 Å². The Bertz CT molecular complexity index is 523. The minimum atomic E-state index is -0.492. The lowest BCUT2D eigenvalue weighted by molar-refractivity contribution is 0.0240. The highest BCUT2D eigenvalue weighted by Gasteiger charge is 2.26. The fourth-order valence-corrected chi connectivity index (χ4v) is 2.19. The summed E-state index contributed by atoms with van der Waals surface area (Å²) >= 11 is 0. The summed E-state index contributed by atoms with van der Waals surface area (Å²) in [6.45, 7) is 7.93. The van der Waals surface area contributed by atoms with Gasteiger partial charge in [0.2, 0.25) is 0 Å². The van der Waals surface area contributed by atoms with Gasteiger partial charge in [-0.3, -0.25) is 0 Å². The fraction of sp³-hybridized carbons (Fsp3) is 0.533. The molecule has 1 aromatic rings. The van der Waals surface area contributed by atoms with E-state index in [1.165, 1.54) is 6.07 Å². The van der Waals surface area contributed by atoms with Crippen LogP contribution in [0.15, 0.2) is 18.2 Å². The van der Waals surface area contributed by atoms with E-state index in [0.29, 0.717) is 26.2 Å². The molecular formula is C15H20BFN2O2. The largest absolute Gasteiger partial charge is 0.444 e. The molecule has 0 aromatic heterocycles. The summed E-state index contributed by atoms with van der Waals surface area (Å²) in [4.78, 5) is 15.7. The number of hydrogen-bond acceptors (Lipinski definition) is 3. The molecule has 1 saturated heterocycles. The Morgan fingerprint density at radius 3 is 2.38 bits per heavy atom. The highest BCUT2D eigenvalue weighted by Crippen LogP contribution is 2.18. The van der Waals surface area contributed by atoms with Crippen molar-refractivity contribution in [2.45, 2.75) is 26.4 Å². The summed E-state index contributed by atoms with van der Waals surface area (Å²) in [6.07, 6.45) is -0.300. The quantitative estimate of drug-likeness (QED) is 0.738. The molecule has 1 fully saturated rings. The third kappa shape index (κ3) is 4.13. The van der Waals surface area contributed by atoms with Crippen molar-refractivity contribution in [1.82, 2.24) is 4.90 Å². The van der Waals surface area contributed by atoms with Crippen LogP contribution in [0.3, 0.4) is 0 Å². The first-order chi connectivity index (χ1) is 9.76. The third-order valence-corrected chi connectivity index (χ3v) is 3.28. The van der Waals surface area contributed by atoms with Gasteiger partial charge in [-0.2, -0.15) is 0 Å². The van der Waals surface area contributed by atoms with E-state index in [1.54, 1.807) is 17.0 Å². The van der Waals surface area contributed by atoms with E-state index in [0.717, 1.165) is 5.69 Å². The van der Waals surface area contributed by atoms with Gasteiger partial charge >= 0.3 is 6.09 Å². The normalized spacial score (nSPS) is 16.0. The van der Waals surface area contributed by atoms with Crippen molar-refractivity contribution < 1.29 is 13.9 Å². The Morgan fingerprint density at radius 1 is 1.24 bits per heavy atom. The predicted octanol–water partition coefficient (Wildman–Crippen LogP) is 1.68. The molecule has 2 radical (unpaired) electrons. The number of carbonyl (C=O) groups excluding carboxylic acids is 1. The second-order valence-electron chi connectivity index (χ2n) is 6.16. The Balaban J connectivity index is 1.94. The number of benzene rings is 1. The smallest absolute Gasteiger partial charge is 0.410 e. The Morgan fingerprint density at radius 2 is 1.86 bits per heavy atom. The average molecular weight is 290 g/mol. The predicted molar refractivity (Wildman–Crippen MR) is 81.8 cm³/mol. The average Bonchev–Trinajstić information content (AvgIpc) is 2.40. The summed E-state index contributed by atoms with van der Waals surface area (Å²) in [7, 11) is 5.48. The number of carbonyl (C=O) groups is 1. The van der Waals surface area contributed by atoms with Crippen LogP contribution in [0.4, 0.5) is 14.9 Å². The first kappa shape index (κ1) is 15.7. The van der Waals surface area contributed by atoms with Gasteiger partial charge in [0.05, 0.1) is 0 Å². The number of nitrogens with zero attached hydrogens (tertiary/aromatic N) is 2. The number of hydrogen-bond donors (Lipinski definition) is 0. The molecule has 2 rings (SSSR count). The van der Waals surface area contributed by atoms with Crippen LogP contribution in [-0.4, -0.2) is 50.6 Å². The number of anilines is 1. The zero-order chi connectivity index (χ0) is 15.6. The first-order valence-corrected chi connectivity index (χ1v) is 7.04.